The molecule has 18 heavy (non-hydrogen) atoms. The van der Waals surface area contributed by atoms with Gasteiger partial charge in [-0.15, -0.1) is 0 Å². The highest BCUT2D eigenvalue weighted by molar-refractivity contribution is 7.92. The minimum absolute atomic E-state index is 0.526. The van der Waals surface area contributed by atoms with Crippen LogP contribution in [0.25, 0.3) is 0 Å². The van der Waals surface area contributed by atoms with E-state index in [-0.39, 0.29) is 0 Å². The maximum Gasteiger partial charge on any atom is 0.234 e. The number of sulfone groups is 1. The number of carbonyl (C=O) groups is 1. The van der Waals surface area contributed by atoms with Crippen LogP contribution in [-0.4, -0.2) is 32.4 Å². The van der Waals surface area contributed by atoms with Gasteiger partial charge in [0.25, 0.3) is 0 Å². The Labute approximate surface area is 107 Å². The summed E-state index contributed by atoms with van der Waals surface area (Å²) in [6.07, 6.45) is 0. The van der Waals surface area contributed by atoms with Crippen molar-refractivity contribution in [2.45, 2.75) is 18.2 Å². The molecule has 1 aromatic rings. The van der Waals surface area contributed by atoms with E-state index < -0.39 is 32.8 Å². The summed E-state index contributed by atoms with van der Waals surface area (Å²) >= 11 is 0. The fraction of sp³-hybridized carbons (Fsp3) is 0.417. The molecule has 0 aliphatic heterocycles. The molecule has 1 aromatic carbocycles. The summed E-state index contributed by atoms with van der Waals surface area (Å²) in [6, 6.07) is 8.34. The van der Waals surface area contributed by atoms with Crippen LogP contribution in [0.5, 0.6) is 0 Å². The summed E-state index contributed by atoms with van der Waals surface area (Å²) < 4.78 is 23.9. The van der Waals surface area contributed by atoms with Crippen molar-refractivity contribution in [3.8, 4) is 0 Å². The molecule has 1 rings (SSSR count). The van der Waals surface area contributed by atoms with Gasteiger partial charge in [0.05, 0.1) is 5.25 Å². The van der Waals surface area contributed by atoms with Crippen LogP contribution in [0, 0.1) is 0 Å². The average Bonchev–Trinajstić information content (AvgIpc) is 2.37. The monoisotopic (exact) mass is 270 g/mol. The first-order valence-electron chi connectivity index (χ1n) is 5.61. The molecule has 0 aliphatic rings. The van der Waals surface area contributed by atoms with Crippen molar-refractivity contribution in [1.82, 2.24) is 5.32 Å². The molecule has 2 unspecified atom stereocenters. The molecule has 0 aromatic heterocycles. The lowest BCUT2D eigenvalue weighted by atomic mass is 10.1. The third-order valence-electron chi connectivity index (χ3n) is 2.87. The largest absolute Gasteiger partial charge is 0.358 e. The van der Waals surface area contributed by atoms with Gasteiger partial charge < -0.3 is 11.1 Å². The van der Waals surface area contributed by atoms with E-state index in [0.717, 1.165) is 5.56 Å². The highest BCUT2D eigenvalue weighted by Crippen LogP contribution is 2.19. The Morgan fingerprint density at radius 3 is 2.39 bits per heavy atom. The zero-order valence-corrected chi connectivity index (χ0v) is 11.3. The number of hydrogen-bond acceptors (Lipinski definition) is 4. The van der Waals surface area contributed by atoms with Crippen LogP contribution in [0.15, 0.2) is 30.3 Å². The van der Waals surface area contributed by atoms with Crippen LogP contribution in [0.4, 0.5) is 0 Å². The molecule has 0 aliphatic carbocycles. The standard InChI is InChI=1S/C12H18N2O3S/c1-9(18(16,17)8-11(15)14-2)12(13)10-6-4-3-5-7-10/h3-7,9,12H,8,13H2,1-2H3,(H,14,15). The summed E-state index contributed by atoms with van der Waals surface area (Å²) in [5, 5.41) is 1.49. The van der Waals surface area contributed by atoms with Crippen molar-refractivity contribution in [2.24, 2.45) is 5.73 Å². The second kappa shape index (κ2) is 5.97. The van der Waals surface area contributed by atoms with Gasteiger partial charge in [-0.2, -0.15) is 0 Å². The zero-order chi connectivity index (χ0) is 13.8. The lowest BCUT2D eigenvalue weighted by Crippen LogP contribution is -2.37. The normalized spacial score (nSPS) is 14.8. The van der Waals surface area contributed by atoms with E-state index >= 15 is 0 Å². The Morgan fingerprint density at radius 2 is 1.89 bits per heavy atom. The molecule has 0 saturated carbocycles. The van der Waals surface area contributed by atoms with Crippen LogP contribution in [0.2, 0.25) is 0 Å². The van der Waals surface area contributed by atoms with Crippen LogP contribution in [0.1, 0.15) is 18.5 Å². The zero-order valence-electron chi connectivity index (χ0n) is 10.5. The van der Waals surface area contributed by atoms with Crippen LogP contribution < -0.4 is 11.1 Å². The fourth-order valence-electron chi connectivity index (χ4n) is 1.56. The Kier molecular flexibility index (Phi) is 4.86. The number of amides is 1. The number of nitrogens with one attached hydrogen (secondary N) is 1. The Morgan fingerprint density at radius 1 is 1.33 bits per heavy atom. The Hall–Kier alpha value is -1.40. The second-order valence-electron chi connectivity index (χ2n) is 4.12. The SMILES string of the molecule is CNC(=O)CS(=O)(=O)C(C)C(N)c1ccccc1. The van der Waals surface area contributed by atoms with Crippen molar-refractivity contribution in [1.29, 1.82) is 0 Å². The van der Waals surface area contributed by atoms with Gasteiger partial charge in [0, 0.05) is 13.1 Å². The van der Waals surface area contributed by atoms with E-state index in [2.05, 4.69) is 5.32 Å². The minimum Gasteiger partial charge on any atom is -0.358 e. The summed E-state index contributed by atoms with van der Waals surface area (Å²) in [7, 11) is -2.15. The van der Waals surface area contributed by atoms with Gasteiger partial charge in [-0.25, -0.2) is 8.42 Å². The molecule has 5 nitrogen and oxygen atoms in total. The Balaban J connectivity index is 2.87. The molecule has 0 heterocycles. The van der Waals surface area contributed by atoms with Crippen LogP contribution in [-0.2, 0) is 14.6 Å². The van der Waals surface area contributed by atoms with Crippen molar-refractivity contribution < 1.29 is 13.2 Å². The predicted molar refractivity (Wildman–Crippen MR) is 70.7 cm³/mol. The van der Waals surface area contributed by atoms with Gasteiger partial charge in [-0.1, -0.05) is 30.3 Å². The van der Waals surface area contributed by atoms with Crippen molar-refractivity contribution in [3.63, 3.8) is 0 Å². The molecule has 100 valence electrons. The molecule has 2 atom stereocenters. The number of carbonyl (C=O) groups excluding carboxylic acids is 1. The van der Waals surface area contributed by atoms with E-state index in [9.17, 15) is 13.2 Å². The maximum absolute atomic E-state index is 12.0. The topological polar surface area (TPSA) is 89.3 Å². The summed E-state index contributed by atoms with van der Waals surface area (Å²) in [6.45, 7) is 1.52. The van der Waals surface area contributed by atoms with Crippen molar-refractivity contribution in [3.05, 3.63) is 35.9 Å². The molecule has 0 saturated heterocycles. The van der Waals surface area contributed by atoms with Crippen molar-refractivity contribution >= 4 is 15.7 Å². The number of benzene rings is 1. The predicted octanol–water partition coefficient (Wildman–Crippen LogP) is 0.236. The third-order valence-corrected chi connectivity index (χ3v) is 4.96. The fourth-order valence-corrected chi connectivity index (χ4v) is 2.93. The lowest BCUT2D eigenvalue weighted by Gasteiger charge is -2.20. The van der Waals surface area contributed by atoms with Gasteiger partial charge >= 0.3 is 0 Å². The highest BCUT2D eigenvalue weighted by Gasteiger charge is 2.29. The minimum atomic E-state index is -3.56. The van der Waals surface area contributed by atoms with E-state index in [4.69, 9.17) is 5.73 Å². The van der Waals surface area contributed by atoms with E-state index in [1.807, 2.05) is 6.07 Å². The average molecular weight is 270 g/mol. The molecule has 6 heteroatoms. The second-order valence-corrected chi connectivity index (χ2v) is 6.48. The Bertz CT molecular complexity index is 499. The van der Waals surface area contributed by atoms with Crippen LogP contribution in [0.3, 0.4) is 0 Å². The highest BCUT2D eigenvalue weighted by atomic mass is 32.2. The van der Waals surface area contributed by atoms with Crippen molar-refractivity contribution in [2.75, 3.05) is 12.8 Å². The smallest absolute Gasteiger partial charge is 0.234 e. The molecule has 0 bridgehead atoms. The number of nitrogens with two attached hydrogens (primary N) is 1. The van der Waals surface area contributed by atoms with E-state index in [0.29, 0.717) is 0 Å². The van der Waals surface area contributed by atoms with Gasteiger partial charge in [0.1, 0.15) is 5.75 Å². The molecule has 0 spiro atoms. The van der Waals surface area contributed by atoms with Crippen LogP contribution >= 0.6 is 0 Å². The summed E-state index contributed by atoms with van der Waals surface area (Å²) in [4.78, 5) is 11.2. The first-order chi connectivity index (χ1) is 8.38. The number of hydrogen-bond donors (Lipinski definition) is 2. The molecule has 0 radical (unpaired) electrons. The van der Waals surface area contributed by atoms with Gasteiger partial charge in [0.15, 0.2) is 9.84 Å². The molecular formula is C12H18N2O3S. The van der Waals surface area contributed by atoms with Gasteiger partial charge in [-0.3, -0.25) is 4.79 Å². The van der Waals surface area contributed by atoms with E-state index in [1.165, 1.54) is 14.0 Å². The number of rotatable bonds is 5. The summed E-state index contributed by atoms with van der Waals surface area (Å²) in [5.74, 6) is -1.06. The quantitative estimate of drug-likeness (QED) is 0.802. The van der Waals surface area contributed by atoms with Gasteiger partial charge in [0.2, 0.25) is 5.91 Å². The molecule has 1 amide bonds. The first-order valence-corrected chi connectivity index (χ1v) is 7.32. The molecule has 3 N–H and O–H groups in total. The lowest BCUT2D eigenvalue weighted by molar-refractivity contribution is -0.118. The third kappa shape index (κ3) is 3.54. The van der Waals surface area contributed by atoms with E-state index in [1.54, 1.807) is 24.3 Å². The molecular weight excluding hydrogens is 252 g/mol. The maximum atomic E-state index is 12.0. The first kappa shape index (κ1) is 14.7. The molecule has 0 fully saturated rings. The van der Waals surface area contributed by atoms with Gasteiger partial charge in [-0.05, 0) is 12.5 Å². The summed E-state index contributed by atoms with van der Waals surface area (Å²) in [5.41, 5.74) is 6.67.